The molecule has 0 aliphatic carbocycles. The minimum atomic E-state index is -4.27. The predicted molar refractivity (Wildman–Crippen MR) is 164 cm³/mol. The van der Waals surface area contributed by atoms with Gasteiger partial charge < -0.3 is 19.7 Å². The lowest BCUT2D eigenvalue weighted by molar-refractivity contribution is -0.140. The zero-order chi connectivity index (χ0) is 31.0. The molecule has 226 valence electrons. The van der Waals surface area contributed by atoms with Gasteiger partial charge in [-0.25, -0.2) is 8.42 Å². The molecule has 0 saturated heterocycles. The van der Waals surface area contributed by atoms with Crippen molar-refractivity contribution in [2.24, 2.45) is 0 Å². The summed E-state index contributed by atoms with van der Waals surface area (Å²) in [7, 11) is -1.38. The highest BCUT2D eigenvalue weighted by Gasteiger charge is 2.34. The van der Waals surface area contributed by atoms with Crippen LogP contribution >= 0.6 is 0 Å². The molecule has 3 rings (SSSR count). The van der Waals surface area contributed by atoms with E-state index >= 15 is 0 Å². The molecule has 0 fully saturated rings. The number of rotatable bonds is 13. The molecule has 0 bridgehead atoms. The summed E-state index contributed by atoms with van der Waals surface area (Å²) in [5.41, 5.74) is 2.85. The highest BCUT2D eigenvalue weighted by molar-refractivity contribution is 7.92. The van der Waals surface area contributed by atoms with Gasteiger partial charge in [-0.2, -0.15) is 0 Å². The van der Waals surface area contributed by atoms with Crippen LogP contribution in [-0.2, 0) is 26.2 Å². The van der Waals surface area contributed by atoms with Crippen LogP contribution in [0.2, 0.25) is 0 Å². The van der Waals surface area contributed by atoms with Crippen molar-refractivity contribution in [2.45, 2.75) is 64.6 Å². The van der Waals surface area contributed by atoms with Crippen LogP contribution in [0.4, 0.5) is 5.69 Å². The van der Waals surface area contributed by atoms with Crippen molar-refractivity contribution < 1.29 is 27.5 Å². The molecule has 0 aliphatic rings. The Hall–Kier alpha value is -4.05. The second-order valence-electron chi connectivity index (χ2n) is 10.5. The SMILES string of the molecule is CCC(C(=O)NC(C)C)N(Cc1ccccc1)C(=O)CN(c1cc(C)cc(C)c1)S(=O)(=O)c1ccc(OC)c(OC)c1. The summed E-state index contributed by atoms with van der Waals surface area (Å²) in [6, 6.07) is 18.1. The van der Waals surface area contributed by atoms with Crippen LogP contribution in [-0.4, -0.2) is 58.0 Å². The number of methoxy groups -OCH3 is 2. The summed E-state index contributed by atoms with van der Waals surface area (Å²) in [5.74, 6) is -0.181. The first kappa shape index (κ1) is 32.5. The second kappa shape index (κ2) is 14.2. The molecule has 0 radical (unpaired) electrons. The second-order valence-corrected chi connectivity index (χ2v) is 12.3. The minimum absolute atomic E-state index is 0.0636. The average Bonchev–Trinajstić information content (AvgIpc) is 2.94. The van der Waals surface area contributed by atoms with Crippen LogP contribution in [0.15, 0.2) is 71.6 Å². The molecule has 2 amide bonds. The molecule has 9 nitrogen and oxygen atoms in total. The van der Waals surface area contributed by atoms with E-state index < -0.39 is 28.5 Å². The van der Waals surface area contributed by atoms with Crippen molar-refractivity contribution >= 4 is 27.5 Å². The zero-order valence-electron chi connectivity index (χ0n) is 25.4. The Morgan fingerprint density at radius 3 is 2.05 bits per heavy atom. The van der Waals surface area contributed by atoms with E-state index in [1.54, 1.807) is 12.1 Å². The number of benzene rings is 3. The minimum Gasteiger partial charge on any atom is -0.493 e. The molecule has 42 heavy (non-hydrogen) atoms. The van der Waals surface area contributed by atoms with E-state index in [-0.39, 0.29) is 29.1 Å². The van der Waals surface area contributed by atoms with Gasteiger partial charge in [0.2, 0.25) is 11.8 Å². The number of hydrogen-bond donors (Lipinski definition) is 1. The summed E-state index contributed by atoms with van der Waals surface area (Å²) in [6.07, 6.45) is 0.350. The lowest BCUT2D eigenvalue weighted by Crippen LogP contribution is -2.53. The van der Waals surface area contributed by atoms with Gasteiger partial charge in [0, 0.05) is 18.7 Å². The standard InChI is InChI=1S/C32H41N3O6S/c1-8-28(32(37)33-22(2)3)34(20-25-12-10-9-11-13-25)31(36)21-35(26-17-23(4)16-24(5)18-26)42(38,39)27-14-15-29(40-6)30(19-27)41-7/h9-19,22,28H,8,20-21H2,1-7H3,(H,33,37). The molecular weight excluding hydrogens is 554 g/mol. The third-order valence-electron chi connectivity index (χ3n) is 6.73. The Bertz CT molecular complexity index is 1470. The highest BCUT2D eigenvalue weighted by Crippen LogP contribution is 2.33. The number of nitrogens with one attached hydrogen (secondary N) is 1. The Morgan fingerprint density at radius 2 is 1.50 bits per heavy atom. The van der Waals surface area contributed by atoms with Gasteiger partial charge in [-0.05, 0) is 75.1 Å². The molecule has 1 N–H and O–H groups in total. The van der Waals surface area contributed by atoms with Crippen LogP contribution in [0, 0.1) is 13.8 Å². The van der Waals surface area contributed by atoms with Crippen molar-refractivity contribution in [3.05, 3.63) is 83.4 Å². The Labute approximate surface area is 249 Å². The Kier molecular flexibility index (Phi) is 11.0. The third-order valence-corrected chi connectivity index (χ3v) is 8.50. The number of anilines is 1. The predicted octanol–water partition coefficient (Wildman–Crippen LogP) is 4.85. The summed E-state index contributed by atoms with van der Waals surface area (Å²) in [6.45, 7) is 8.89. The van der Waals surface area contributed by atoms with E-state index in [2.05, 4.69) is 5.32 Å². The molecule has 0 saturated carbocycles. The van der Waals surface area contributed by atoms with E-state index in [0.29, 0.717) is 17.9 Å². The number of amides is 2. The smallest absolute Gasteiger partial charge is 0.264 e. The molecule has 3 aromatic carbocycles. The van der Waals surface area contributed by atoms with Gasteiger partial charge in [0.15, 0.2) is 11.5 Å². The van der Waals surface area contributed by atoms with Crippen molar-refractivity contribution in [1.29, 1.82) is 0 Å². The topological polar surface area (TPSA) is 105 Å². The van der Waals surface area contributed by atoms with E-state index in [4.69, 9.17) is 9.47 Å². The van der Waals surface area contributed by atoms with E-state index in [1.165, 1.54) is 37.3 Å². The molecule has 0 spiro atoms. The van der Waals surface area contributed by atoms with Crippen LogP contribution in [0.5, 0.6) is 11.5 Å². The fourth-order valence-electron chi connectivity index (χ4n) is 4.81. The fourth-order valence-corrected chi connectivity index (χ4v) is 6.22. The lowest BCUT2D eigenvalue weighted by Gasteiger charge is -2.33. The average molecular weight is 596 g/mol. The summed E-state index contributed by atoms with van der Waals surface area (Å²) in [5, 5.41) is 2.90. The Balaban J connectivity index is 2.13. The quantitative estimate of drug-likeness (QED) is 0.303. The van der Waals surface area contributed by atoms with Crippen LogP contribution < -0.4 is 19.1 Å². The highest BCUT2D eigenvalue weighted by atomic mass is 32.2. The van der Waals surface area contributed by atoms with Crippen molar-refractivity contribution in [3.63, 3.8) is 0 Å². The van der Waals surface area contributed by atoms with Crippen molar-refractivity contribution in [3.8, 4) is 11.5 Å². The van der Waals surface area contributed by atoms with Gasteiger partial charge in [0.1, 0.15) is 12.6 Å². The first-order valence-electron chi connectivity index (χ1n) is 13.9. The molecule has 1 unspecified atom stereocenters. The fraction of sp³-hybridized carbons (Fsp3) is 0.375. The molecule has 0 heterocycles. The number of carbonyl (C=O) groups excluding carboxylic acids is 2. The van der Waals surface area contributed by atoms with Crippen molar-refractivity contribution in [2.75, 3.05) is 25.1 Å². The van der Waals surface area contributed by atoms with Gasteiger partial charge in [-0.15, -0.1) is 0 Å². The molecular formula is C32H41N3O6S. The Morgan fingerprint density at radius 1 is 0.881 bits per heavy atom. The third kappa shape index (κ3) is 7.82. The number of carbonyl (C=O) groups is 2. The number of ether oxygens (including phenoxy) is 2. The largest absolute Gasteiger partial charge is 0.493 e. The first-order valence-corrected chi connectivity index (χ1v) is 15.3. The maximum absolute atomic E-state index is 14.2. The number of hydrogen-bond acceptors (Lipinski definition) is 6. The van der Waals surface area contributed by atoms with Crippen LogP contribution in [0.25, 0.3) is 0 Å². The van der Waals surface area contributed by atoms with Gasteiger partial charge >= 0.3 is 0 Å². The van der Waals surface area contributed by atoms with Gasteiger partial charge in [-0.3, -0.25) is 13.9 Å². The number of sulfonamides is 1. The molecule has 1 atom stereocenters. The van der Waals surface area contributed by atoms with Crippen molar-refractivity contribution in [1.82, 2.24) is 10.2 Å². The van der Waals surface area contributed by atoms with Crippen LogP contribution in [0.1, 0.15) is 43.9 Å². The summed E-state index contributed by atoms with van der Waals surface area (Å²) in [4.78, 5) is 28.8. The van der Waals surface area contributed by atoms with Crippen LogP contribution in [0.3, 0.4) is 0 Å². The molecule has 0 aliphatic heterocycles. The number of aryl methyl sites for hydroxylation is 2. The van der Waals surface area contributed by atoms with E-state index in [1.807, 2.05) is 71.0 Å². The van der Waals surface area contributed by atoms with Gasteiger partial charge in [-0.1, -0.05) is 43.3 Å². The lowest BCUT2D eigenvalue weighted by atomic mass is 10.1. The maximum Gasteiger partial charge on any atom is 0.264 e. The molecule has 3 aromatic rings. The molecule has 0 aromatic heterocycles. The van der Waals surface area contributed by atoms with E-state index in [9.17, 15) is 18.0 Å². The first-order chi connectivity index (χ1) is 19.9. The van der Waals surface area contributed by atoms with E-state index in [0.717, 1.165) is 21.0 Å². The summed E-state index contributed by atoms with van der Waals surface area (Å²) >= 11 is 0. The summed E-state index contributed by atoms with van der Waals surface area (Å²) < 4.78 is 40.2. The molecule has 10 heteroatoms. The zero-order valence-corrected chi connectivity index (χ0v) is 26.2. The van der Waals surface area contributed by atoms with Gasteiger partial charge in [0.05, 0.1) is 24.8 Å². The monoisotopic (exact) mass is 595 g/mol. The maximum atomic E-state index is 14.2. The normalized spacial score (nSPS) is 12.0. The number of nitrogens with zero attached hydrogens (tertiary/aromatic N) is 2. The van der Waals surface area contributed by atoms with Gasteiger partial charge in [0.25, 0.3) is 10.0 Å².